The molecule has 1 heterocycles. The molecule has 0 radical (unpaired) electrons. The van der Waals surface area contributed by atoms with Gasteiger partial charge in [0.25, 0.3) is 0 Å². The summed E-state index contributed by atoms with van der Waals surface area (Å²) in [6.07, 6.45) is 0.397. The number of carbonyl (C=O) groups excluding carboxylic acids is 2. The van der Waals surface area contributed by atoms with Gasteiger partial charge in [0.05, 0.1) is 25.8 Å². The number of carbonyl (C=O) groups is 2. The molecule has 0 aliphatic carbocycles. The number of hydrogen-bond acceptors (Lipinski definition) is 6. The van der Waals surface area contributed by atoms with Crippen LogP contribution >= 0.6 is 15.9 Å². The van der Waals surface area contributed by atoms with Crippen molar-refractivity contribution in [1.29, 1.82) is 0 Å². The number of halogens is 1. The molecule has 2 aromatic rings. The van der Waals surface area contributed by atoms with Crippen LogP contribution in [0.25, 0.3) is 0 Å². The Bertz CT molecular complexity index is 875. The van der Waals surface area contributed by atoms with Gasteiger partial charge in [-0.1, -0.05) is 46.3 Å². The molecular formula is C22H28BrN5O3. The zero-order valence-corrected chi connectivity index (χ0v) is 18.9. The van der Waals surface area contributed by atoms with Gasteiger partial charge in [-0.05, 0) is 29.3 Å². The van der Waals surface area contributed by atoms with Crippen LogP contribution < -0.4 is 21.9 Å². The van der Waals surface area contributed by atoms with Crippen molar-refractivity contribution in [3.8, 4) is 0 Å². The molecule has 1 saturated heterocycles. The first kappa shape index (κ1) is 23.4. The van der Waals surface area contributed by atoms with Gasteiger partial charge in [0.1, 0.15) is 0 Å². The second kappa shape index (κ2) is 11.9. The highest BCUT2D eigenvalue weighted by Gasteiger charge is 2.20. The van der Waals surface area contributed by atoms with Crippen molar-refractivity contribution in [1.82, 2.24) is 15.6 Å². The number of benzene rings is 2. The molecular weight excluding hydrogens is 462 g/mol. The maximum atomic E-state index is 12.7. The van der Waals surface area contributed by atoms with E-state index in [-0.39, 0.29) is 24.4 Å². The van der Waals surface area contributed by atoms with E-state index in [0.29, 0.717) is 31.9 Å². The van der Waals surface area contributed by atoms with E-state index in [1.165, 1.54) is 0 Å². The quantitative estimate of drug-likeness (QED) is 0.243. The van der Waals surface area contributed by atoms with Gasteiger partial charge in [-0.2, -0.15) is 0 Å². The van der Waals surface area contributed by atoms with Crippen LogP contribution in [0.3, 0.4) is 0 Å². The lowest BCUT2D eigenvalue weighted by Crippen LogP contribution is -2.39. The van der Waals surface area contributed by atoms with Gasteiger partial charge >= 0.3 is 0 Å². The van der Waals surface area contributed by atoms with E-state index < -0.39 is 0 Å². The average molecular weight is 490 g/mol. The number of nitrogens with zero attached hydrogens (tertiary/aromatic N) is 1. The number of hydrogen-bond donors (Lipinski definition) is 4. The van der Waals surface area contributed by atoms with E-state index in [1.807, 2.05) is 48.5 Å². The third kappa shape index (κ3) is 7.12. The first-order valence-corrected chi connectivity index (χ1v) is 11.0. The molecule has 1 fully saturated rings. The van der Waals surface area contributed by atoms with Gasteiger partial charge in [0, 0.05) is 36.2 Å². The molecule has 0 aromatic heterocycles. The highest BCUT2D eigenvalue weighted by atomic mass is 79.9. The molecule has 2 aromatic carbocycles. The molecule has 1 aliphatic rings. The van der Waals surface area contributed by atoms with E-state index in [9.17, 15) is 9.59 Å². The molecule has 31 heavy (non-hydrogen) atoms. The predicted molar refractivity (Wildman–Crippen MR) is 123 cm³/mol. The van der Waals surface area contributed by atoms with E-state index in [0.717, 1.165) is 28.7 Å². The summed E-state index contributed by atoms with van der Waals surface area (Å²) in [4.78, 5) is 26.7. The molecule has 0 saturated carbocycles. The van der Waals surface area contributed by atoms with Crippen molar-refractivity contribution < 1.29 is 14.3 Å². The van der Waals surface area contributed by atoms with Crippen molar-refractivity contribution in [2.45, 2.75) is 12.5 Å². The van der Waals surface area contributed by atoms with Gasteiger partial charge in [-0.15, -0.1) is 0 Å². The Kier molecular flexibility index (Phi) is 8.98. The molecule has 9 heteroatoms. The summed E-state index contributed by atoms with van der Waals surface area (Å²) in [5, 5.41) is 6.29. The number of nitrogens with two attached hydrogens (primary N) is 1. The second-order valence-electron chi connectivity index (χ2n) is 7.28. The van der Waals surface area contributed by atoms with Gasteiger partial charge < -0.3 is 10.1 Å². The molecule has 5 N–H and O–H groups in total. The van der Waals surface area contributed by atoms with Crippen LogP contribution in [0.15, 0.2) is 53.0 Å². The standard InChI is InChI=1S/C22H28BrN5O3/c23-17-6-7-19(26-20(29)8-9-28-10-12-31-13-11-28)18(14-17)22(25-15-21(30)27-24)16-4-2-1-3-5-16/h1-7,14,22,25H,8-13,15,24H2,(H,26,29)(H,27,30). The van der Waals surface area contributed by atoms with Gasteiger partial charge in [0.15, 0.2) is 0 Å². The second-order valence-corrected chi connectivity index (χ2v) is 8.19. The lowest BCUT2D eigenvalue weighted by atomic mass is 9.97. The van der Waals surface area contributed by atoms with Crippen LogP contribution in [-0.2, 0) is 14.3 Å². The van der Waals surface area contributed by atoms with E-state index >= 15 is 0 Å². The first-order valence-electron chi connectivity index (χ1n) is 10.2. The van der Waals surface area contributed by atoms with E-state index in [2.05, 4.69) is 36.9 Å². The SMILES string of the molecule is NNC(=O)CNC(c1ccccc1)c1cc(Br)ccc1NC(=O)CCN1CCOCC1. The monoisotopic (exact) mass is 489 g/mol. The van der Waals surface area contributed by atoms with Crippen LogP contribution in [0.1, 0.15) is 23.6 Å². The van der Waals surface area contributed by atoms with Gasteiger partial charge in [-0.3, -0.25) is 25.2 Å². The highest BCUT2D eigenvalue weighted by molar-refractivity contribution is 9.10. The number of amides is 2. The van der Waals surface area contributed by atoms with Crippen molar-refractivity contribution in [3.05, 3.63) is 64.1 Å². The minimum absolute atomic E-state index is 0.0347. The molecule has 1 atom stereocenters. The molecule has 1 aliphatic heterocycles. The summed E-state index contributed by atoms with van der Waals surface area (Å²) in [6, 6.07) is 15.1. The fourth-order valence-electron chi connectivity index (χ4n) is 3.48. The van der Waals surface area contributed by atoms with Crippen molar-refractivity contribution in [2.24, 2.45) is 5.84 Å². The summed E-state index contributed by atoms with van der Waals surface area (Å²) >= 11 is 3.52. The van der Waals surface area contributed by atoms with E-state index in [4.69, 9.17) is 10.6 Å². The molecule has 0 bridgehead atoms. The number of anilines is 1. The number of hydrazine groups is 1. The average Bonchev–Trinajstić information content (AvgIpc) is 2.80. The van der Waals surface area contributed by atoms with Gasteiger partial charge in [0.2, 0.25) is 11.8 Å². The minimum Gasteiger partial charge on any atom is -0.379 e. The smallest absolute Gasteiger partial charge is 0.247 e. The van der Waals surface area contributed by atoms with Gasteiger partial charge in [-0.25, -0.2) is 5.84 Å². The normalized spacial score (nSPS) is 15.3. The molecule has 2 amide bonds. The Hall–Kier alpha value is -2.30. The van der Waals surface area contributed by atoms with Crippen molar-refractivity contribution in [3.63, 3.8) is 0 Å². The Morgan fingerprint density at radius 3 is 2.55 bits per heavy atom. The lowest BCUT2D eigenvalue weighted by Gasteiger charge is -2.26. The molecule has 166 valence electrons. The number of ether oxygens (including phenoxy) is 1. The number of nitrogens with one attached hydrogen (secondary N) is 3. The van der Waals surface area contributed by atoms with Crippen LogP contribution in [-0.4, -0.2) is 56.1 Å². The fourth-order valence-corrected chi connectivity index (χ4v) is 3.86. The maximum Gasteiger partial charge on any atom is 0.247 e. The predicted octanol–water partition coefficient (Wildman–Crippen LogP) is 1.78. The maximum absolute atomic E-state index is 12.7. The zero-order valence-electron chi connectivity index (χ0n) is 17.3. The Morgan fingerprint density at radius 1 is 1.10 bits per heavy atom. The van der Waals surface area contributed by atoms with Crippen molar-refractivity contribution in [2.75, 3.05) is 44.7 Å². The third-order valence-corrected chi connectivity index (χ3v) is 5.61. The van der Waals surface area contributed by atoms with Crippen molar-refractivity contribution >= 4 is 33.4 Å². The number of morpholine rings is 1. The first-order chi connectivity index (χ1) is 15.1. The van der Waals surface area contributed by atoms with Crippen LogP contribution in [0.2, 0.25) is 0 Å². The minimum atomic E-state index is -0.327. The number of rotatable bonds is 9. The summed E-state index contributed by atoms with van der Waals surface area (Å²) in [7, 11) is 0. The fraction of sp³-hybridized carbons (Fsp3) is 0.364. The molecule has 3 rings (SSSR count). The van der Waals surface area contributed by atoms with Crippen LogP contribution in [0, 0.1) is 0 Å². The molecule has 1 unspecified atom stereocenters. The molecule has 8 nitrogen and oxygen atoms in total. The summed E-state index contributed by atoms with van der Waals surface area (Å²) < 4.78 is 6.23. The Morgan fingerprint density at radius 2 is 1.84 bits per heavy atom. The topological polar surface area (TPSA) is 109 Å². The third-order valence-electron chi connectivity index (χ3n) is 5.12. The summed E-state index contributed by atoms with van der Waals surface area (Å²) in [5.41, 5.74) is 4.65. The summed E-state index contributed by atoms with van der Waals surface area (Å²) in [6.45, 7) is 3.84. The molecule has 0 spiro atoms. The van der Waals surface area contributed by atoms with Crippen LogP contribution in [0.5, 0.6) is 0 Å². The largest absolute Gasteiger partial charge is 0.379 e. The lowest BCUT2D eigenvalue weighted by molar-refractivity contribution is -0.120. The Labute approximate surface area is 190 Å². The zero-order chi connectivity index (χ0) is 22.1. The van der Waals surface area contributed by atoms with Crippen LogP contribution in [0.4, 0.5) is 5.69 Å². The summed E-state index contributed by atoms with van der Waals surface area (Å²) in [5.74, 6) is 4.85. The Balaban J connectivity index is 1.78. The highest BCUT2D eigenvalue weighted by Crippen LogP contribution is 2.31. The van der Waals surface area contributed by atoms with E-state index in [1.54, 1.807) is 0 Å².